The third-order valence-corrected chi connectivity index (χ3v) is 5.04. The first-order chi connectivity index (χ1) is 7.83. The van der Waals surface area contributed by atoms with Crippen molar-refractivity contribution in [2.45, 2.75) is 39.2 Å². The second kappa shape index (κ2) is 6.16. The van der Waals surface area contributed by atoms with Crippen molar-refractivity contribution in [3.05, 3.63) is 0 Å². The summed E-state index contributed by atoms with van der Waals surface area (Å²) < 4.78 is 28.3. The molecule has 102 valence electrons. The van der Waals surface area contributed by atoms with E-state index in [1.165, 1.54) is 0 Å². The Morgan fingerprint density at radius 2 is 2.06 bits per heavy atom. The van der Waals surface area contributed by atoms with E-state index in [0.717, 1.165) is 19.6 Å². The number of sulfone groups is 1. The fourth-order valence-electron chi connectivity index (χ4n) is 2.00. The van der Waals surface area contributed by atoms with Gasteiger partial charge in [0.25, 0.3) is 0 Å². The molecular weight excluding hydrogens is 238 g/mol. The van der Waals surface area contributed by atoms with Gasteiger partial charge in [0, 0.05) is 18.7 Å². The predicted octanol–water partition coefficient (Wildman–Crippen LogP) is 1.22. The lowest BCUT2D eigenvalue weighted by molar-refractivity contribution is 0.120. The molecule has 0 aromatic rings. The number of hydrogen-bond donors (Lipinski definition) is 1. The first kappa shape index (κ1) is 14.9. The van der Waals surface area contributed by atoms with Gasteiger partial charge in [-0.3, -0.25) is 0 Å². The van der Waals surface area contributed by atoms with Gasteiger partial charge in [-0.1, -0.05) is 13.8 Å². The lowest BCUT2D eigenvalue weighted by Gasteiger charge is -2.23. The van der Waals surface area contributed by atoms with Crippen LogP contribution in [0.3, 0.4) is 0 Å². The summed E-state index contributed by atoms with van der Waals surface area (Å²) in [7, 11) is -2.82. The second-order valence-corrected chi connectivity index (χ2v) is 7.81. The van der Waals surface area contributed by atoms with Gasteiger partial charge in [0.05, 0.1) is 18.1 Å². The zero-order valence-electron chi connectivity index (χ0n) is 11.2. The lowest BCUT2D eigenvalue weighted by Crippen LogP contribution is -2.44. The Balaban J connectivity index is 2.11. The van der Waals surface area contributed by atoms with Gasteiger partial charge in [-0.05, 0) is 25.7 Å². The van der Waals surface area contributed by atoms with Crippen molar-refractivity contribution in [3.63, 3.8) is 0 Å². The molecule has 1 fully saturated rings. The summed E-state index contributed by atoms with van der Waals surface area (Å²) in [6.07, 6.45) is 1.78. The Hall–Kier alpha value is -0.130. The topological polar surface area (TPSA) is 55.4 Å². The van der Waals surface area contributed by atoms with E-state index in [1.807, 2.05) is 6.92 Å². The average Bonchev–Trinajstić information content (AvgIpc) is 2.47. The lowest BCUT2D eigenvalue weighted by atomic mass is 10.0. The largest absolute Gasteiger partial charge is 0.380 e. The minimum atomic E-state index is -2.82. The van der Waals surface area contributed by atoms with Crippen molar-refractivity contribution in [1.82, 2.24) is 5.32 Å². The van der Waals surface area contributed by atoms with Crippen LogP contribution in [-0.4, -0.2) is 45.2 Å². The molecule has 1 atom stereocenters. The molecule has 1 aliphatic rings. The minimum Gasteiger partial charge on any atom is -0.380 e. The van der Waals surface area contributed by atoms with Crippen LogP contribution in [0.5, 0.6) is 0 Å². The van der Waals surface area contributed by atoms with E-state index in [0.29, 0.717) is 24.7 Å². The van der Waals surface area contributed by atoms with Crippen molar-refractivity contribution < 1.29 is 13.2 Å². The summed E-state index contributed by atoms with van der Waals surface area (Å²) >= 11 is 0. The van der Waals surface area contributed by atoms with E-state index in [2.05, 4.69) is 19.2 Å². The van der Waals surface area contributed by atoms with Gasteiger partial charge in [0.1, 0.15) is 0 Å². The molecule has 1 rings (SSSR count). The van der Waals surface area contributed by atoms with Crippen LogP contribution >= 0.6 is 0 Å². The van der Waals surface area contributed by atoms with Gasteiger partial charge in [0.15, 0.2) is 9.84 Å². The smallest absolute Gasteiger partial charge is 0.152 e. The van der Waals surface area contributed by atoms with Crippen LogP contribution in [0.2, 0.25) is 0 Å². The van der Waals surface area contributed by atoms with Crippen molar-refractivity contribution in [3.8, 4) is 0 Å². The average molecular weight is 263 g/mol. The van der Waals surface area contributed by atoms with E-state index in [-0.39, 0.29) is 11.3 Å². The molecule has 4 nitrogen and oxygen atoms in total. The van der Waals surface area contributed by atoms with Crippen LogP contribution in [0.4, 0.5) is 0 Å². The highest BCUT2D eigenvalue weighted by molar-refractivity contribution is 7.91. The van der Waals surface area contributed by atoms with Crippen LogP contribution in [0.25, 0.3) is 0 Å². The Morgan fingerprint density at radius 3 is 2.59 bits per heavy atom. The molecule has 17 heavy (non-hydrogen) atoms. The summed E-state index contributed by atoms with van der Waals surface area (Å²) in [5.41, 5.74) is -0.250. The molecule has 1 heterocycles. The molecule has 5 heteroatoms. The van der Waals surface area contributed by atoms with Crippen molar-refractivity contribution in [2.75, 3.05) is 31.3 Å². The number of ether oxygens (including phenoxy) is 1. The summed E-state index contributed by atoms with van der Waals surface area (Å²) in [5.74, 6) is 1.23. The van der Waals surface area contributed by atoms with Gasteiger partial charge >= 0.3 is 0 Å². The molecule has 0 spiro atoms. The zero-order chi connectivity index (χ0) is 12.9. The van der Waals surface area contributed by atoms with E-state index in [4.69, 9.17) is 4.74 Å². The van der Waals surface area contributed by atoms with Crippen LogP contribution in [0, 0.1) is 5.92 Å². The number of rotatable bonds is 7. The SMILES string of the molecule is CC(C)CCOCCNC1(C)CCS(=O)(=O)C1. The molecule has 1 aliphatic heterocycles. The molecule has 1 N–H and O–H groups in total. The van der Waals surface area contributed by atoms with Gasteiger partial charge in [0.2, 0.25) is 0 Å². The summed E-state index contributed by atoms with van der Waals surface area (Å²) in [5, 5.41) is 3.30. The van der Waals surface area contributed by atoms with E-state index in [9.17, 15) is 8.42 Å². The van der Waals surface area contributed by atoms with Gasteiger partial charge in [-0.2, -0.15) is 0 Å². The molecule has 0 aromatic carbocycles. The Bertz CT molecular complexity index is 327. The quantitative estimate of drug-likeness (QED) is 0.702. The van der Waals surface area contributed by atoms with Crippen molar-refractivity contribution in [2.24, 2.45) is 5.92 Å². The molecule has 0 aromatic heterocycles. The highest BCUT2D eigenvalue weighted by atomic mass is 32.2. The highest BCUT2D eigenvalue weighted by Gasteiger charge is 2.37. The van der Waals surface area contributed by atoms with Crippen molar-refractivity contribution >= 4 is 9.84 Å². The van der Waals surface area contributed by atoms with Crippen molar-refractivity contribution in [1.29, 1.82) is 0 Å². The molecule has 0 saturated carbocycles. The van der Waals surface area contributed by atoms with E-state index >= 15 is 0 Å². The van der Waals surface area contributed by atoms with Gasteiger partial charge in [-0.15, -0.1) is 0 Å². The first-order valence-electron chi connectivity index (χ1n) is 6.36. The maximum Gasteiger partial charge on any atom is 0.152 e. The number of nitrogens with one attached hydrogen (secondary N) is 1. The number of hydrogen-bond acceptors (Lipinski definition) is 4. The van der Waals surface area contributed by atoms with Crippen LogP contribution in [-0.2, 0) is 14.6 Å². The standard InChI is InChI=1S/C12H25NO3S/c1-11(2)4-7-16-8-6-13-12(3)5-9-17(14,15)10-12/h11,13H,4-10H2,1-3H3. The Morgan fingerprint density at radius 1 is 1.35 bits per heavy atom. The van der Waals surface area contributed by atoms with Crippen LogP contribution in [0.1, 0.15) is 33.6 Å². The molecule has 0 aliphatic carbocycles. The third kappa shape index (κ3) is 5.84. The van der Waals surface area contributed by atoms with Crippen LogP contribution < -0.4 is 5.32 Å². The predicted molar refractivity (Wildman–Crippen MR) is 70.0 cm³/mol. The van der Waals surface area contributed by atoms with Gasteiger partial charge in [-0.25, -0.2) is 8.42 Å². The Labute approximate surface area is 105 Å². The second-order valence-electron chi connectivity index (χ2n) is 5.62. The fourth-order valence-corrected chi connectivity index (χ4v) is 4.12. The van der Waals surface area contributed by atoms with E-state index in [1.54, 1.807) is 0 Å². The van der Waals surface area contributed by atoms with E-state index < -0.39 is 9.84 Å². The summed E-state index contributed by atoms with van der Waals surface area (Å²) in [4.78, 5) is 0. The normalized spacial score (nSPS) is 27.8. The molecule has 0 amide bonds. The molecule has 1 unspecified atom stereocenters. The maximum atomic E-state index is 11.4. The third-order valence-electron chi connectivity index (χ3n) is 3.14. The first-order valence-corrected chi connectivity index (χ1v) is 8.18. The highest BCUT2D eigenvalue weighted by Crippen LogP contribution is 2.22. The molecular formula is C12H25NO3S. The maximum absolute atomic E-state index is 11.4. The monoisotopic (exact) mass is 263 g/mol. The summed E-state index contributed by atoms with van der Waals surface area (Å²) in [6, 6.07) is 0. The fraction of sp³-hybridized carbons (Fsp3) is 1.00. The zero-order valence-corrected chi connectivity index (χ0v) is 12.0. The van der Waals surface area contributed by atoms with Gasteiger partial charge < -0.3 is 10.1 Å². The minimum absolute atomic E-state index is 0.250. The summed E-state index contributed by atoms with van der Waals surface area (Å²) in [6.45, 7) is 8.49. The molecule has 0 radical (unpaired) electrons. The van der Waals surface area contributed by atoms with Crippen LogP contribution in [0.15, 0.2) is 0 Å². The Kier molecular flexibility index (Phi) is 5.41. The molecule has 0 bridgehead atoms. The molecule has 1 saturated heterocycles.